The summed E-state index contributed by atoms with van der Waals surface area (Å²) >= 11 is 0. The Morgan fingerprint density at radius 3 is 2.52 bits per heavy atom. The molecule has 0 aromatic heterocycles. The molecule has 0 bridgehead atoms. The number of ether oxygens (including phenoxy) is 1. The molecule has 1 unspecified atom stereocenters. The van der Waals surface area contributed by atoms with Crippen molar-refractivity contribution < 1.29 is 31.9 Å². The van der Waals surface area contributed by atoms with Gasteiger partial charge in [0.1, 0.15) is 11.4 Å². The van der Waals surface area contributed by atoms with Crippen LogP contribution in [-0.2, 0) is 22.3 Å². The summed E-state index contributed by atoms with van der Waals surface area (Å²) in [4.78, 5) is 25.7. The molecular formula is C18H22F4N2O3. The van der Waals surface area contributed by atoms with Crippen LogP contribution in [-0.4, -0.2) is 35.6 Å². The van der Waals surface area contributed by atoms with Crippen LogP contribution in [0, 0.1) is 11.7 Å². The predicted octanol–water partition coefficient (Wildman–Crippen LogP) is 3.72. The van der Waals surface area contributed by atoms with Crippen LogP contribution in [0.5, 0.6) is 0 Å². The molecule has 1 aromatic rings. The first-order valence-corrected chi connectivity index (χ1v) is 8.48. The van der Waals surface area contributed by atoms with Gasteiger partial charge in [0.25, 0.3) is 0 Å². The number of amides is 2. The van der Waals surface area contributed by atoms with Crippen molar-refractivity contribution >= 4 is 12.0 Å². The Morgan fingerprint density at radius 1 is 1.26 bits per heavy atom. The number of hydrogen-bond acceptors (Lipinski definition) is 3. The predicted molar refractivity (Wildman–Crippen MR) is 89.2 cm³/mol. The minimum Gasteiger partial charge on any atom is -0.444 e. The van der Waals surface area contributed by atoms with Crippen molar-refractivity contribution in [2.75, 3.05) is 13.1 Å². The molecule has 1 N–H and O–H groups in total. The summed E-state index contributed by atoms with van der Waals surface area (Å²) in [6.07, 6.45) is -4.86. The smallest absolute Gasteiger partial charge is 0.416 e. The average molecular weight is 390 g/mol. The molecular weight excluding hydrogens is 368 g/mol. The highest BCUT2D eigenvalue weighted by molar-refractivity contribution is 5.80. The van der Waals surface area contributed by atoms with E-state index in [1.54, 1.807) is 20.8 Å². The van der Waals surface area contributed by atoms with Gasteiger partial charge in [-0.25, -0.2) is 9.18 Å². The fraction of sp³-hybridized carbons (Fsp3) is 0.556. The first-order chi connectivity index (χ1) is 12.4. The van der Waals surface area contributed by atoms with Crippen molar-refractivity contribution in [3.05, 3.63) is 35.1 Å². The van der Waals surface area contributed by atoms with Crippen LogP contribution in [0.4, 0.5) is 22.4 Å². The number of nitrogens with one attached hydrogen (secondary N) is 1. The third-order valence-electron chi connectivity index (χ3n) is 4.04. The van der Waals surface area contributed by atoms with E-state index < -0.39 is 41.1 Å². The highest BCUT2D eigenvalue weighted by atomic mass is 19.4. The molecule has 1 aliphatic rings. The van der Waals surface area contributed by atoms with Gasteiger partial charge in [-0.05, 0) is 44.9 Å². The Morgan fingerprint density at radius 2 is 1.93 bits per heavy atom. The van der Waals surface area contributed by atoms with E-state index in [-0.39, 0.29) is 18.7 Å². The average Bonchev–Trinajstić information content (AvgIpc) is 3.01. The Bertz CT molecular complexity index is 714. The Kier molecular flexibility index (Phi) is 6.01. The summed E-state index contributed by atoms with van der Waals surface area (Å²) < 4.78 is 57.3. The highest BCUT2D eigenvalue weighted by Gasteiger charge is 2.35. The molecule has 2 rings (SSSR count). The Labute approximate surface area is 154 Å². The fourth-order valence-electron chi connectivity index (χ4n) is 2.76. The van der Waals surface area contributed by atoms with Gasteiger partial charge in [0, 0.05) is 19.6 Å². The van der Waals surface area contributed by atoms with Gasteiger partial charge in [-0.3, -0.25) is 4.79 Å². The van der Waals surface area contributed by atoms with Crippen molar-refractivity contribution in [1.82, 2.24) is 10.2 Å². The molecule has 1 saturated heterocycles. The maximum Gasteiger partial charge on any atom is 0.416 e. The molecule has 1 aromatic carbocycles. The summed E-state index contributed by atoms with van der Waals surface area (Å²) in [5.41, 5.74) is -2.00. The summed E-state index contributed by atoms with van der Waals surface area (Å²) in [5, 5.41) is 2.44. The van der Waals surface area contributed by atoms with Crippen LogP contribution in [0.25, 0.3) is 0 Å². The van der Waals surface area contributed by atoms with Crippen LogP contribution in [0.2, 0.25) is 0 Å². The number of carbonyl (C=O) groups excluding carboxylic acids is 2. The first kappa shape index (κ1) is 21.0. The second-order valence-electron chi connectivity index (χ2n) is 7.43. The lowest BCUT2D eigenvalue weighted by molar-refractivity contribution is -0.138. The van der Waals surface area contributed by atoms with Crippen molar-refractivity contribution in [1.29, 1.82) is 0 Å². The second-order valence-corrected chi connectivity index (χ2v) is 7.43. The lowest BCUT2D eigenvalue weighted by Crippen LogP contribution is -2.37. The zero-order chi connectivity index (χ0) is 20.4. The van der Waals surface area contributed by atoms with Gasteiger partial charge in [0.15, 0.2) is 0 Å². The first-order valence-electron chi connectivity index (χ1n) is 8.48. The quantitative estimate of drug-likeness (QED) is 0.801. The van der Waals surface area contributed by atoms with Crippen molar-refractivity contribution in [2.24, 2.45) is 5.92 Å². The normalized spacial score (nSPS) is 17.7. The zero-order valence-electron chi connectivity index (χ0n) is 15.3. The number of halogens is 4. The summed E-state index contributed by atoms with van der Waals surface area (Å²) in [7, 11) is 0. The minimum absolute atomic E-state index is 0.135. The van der Waals surface area contributed by atoms with E-state index in [1.165, 1.54) is 4.90 Å². The number of rotatable bonds is 3. The molecule has 1 atom stereocenters. The standard InChI is InChI=1S/C18H22F4N2O3/c1-17(2,3)27-16(26)24-7-6-12(10-24)15(25)23-9-11-4-5-13(19)8-14(11)18(20,21)22/h4-5,8,12H,6-7,9-10H2,1-3H3,(H,23,25). The molecule has 27 heavy (non-hydrogen) atoms. The zero-order valence-corrected chi connectivity index (χ0v) is 15.3. The van der Waals surface area contributed by atoms with Crippen LogP contribution in [0.3, 0.4) is 0 Å². The van der Waals surface area contributed by atoms with Crippen LogP contribution < -0.4 is 5.32 Å². The SMILES string of the molecule is CC(C)(C)OC(=O)N1CCC(C(=O)NCc2ccc(F)cc2C(F)(F)F)C1. The van der Waals surface area contributed by atoms with Gasteiger partial charge < -0.3 is 15.0 Å². The van der Waals surface area contributed by atoms with Gasteiger partial charge in [0.05, 0.1) is 11.5 Å². The van der Waals surface area contributed by atoms with E-state index in [2.05, 4.69) is 5.32 Å². The largest absolute Gasteiger partial charge is 0.444 e. The summed E-state index contributed by atoms with van der Waals surface area (Å²) in [6.45, 7) is 5.27. The molecule has 0 radical (unpaired) electrons. The van der Waals surface area contributed by atoms with Crippen molar-refractivity contribution in [3.8, 4) is 0 Å². The molecule has 0 aliphatic carbocycles. The maximum atomic E-state index is 13.1. The third kappa shape index (κ3) is 5.83. The Balaban J connectivity index is 1.95. The number of nitrogens with zero attached hydrogens (tertiary/aromatic N) is 1. The molecule has 1 fully saturated rings. The van der Waals surface area contributed by atoms with E-state index in [0.29, 0.717) is 19.0 Å². The van der Waals surface area contributed by atoms with Crippen LogP contribution in [0.1, 0.15) is 38.3 Å². The molecule has 150 valence electrons. The van der Waals surface area contributed by atoms with Gasteiger partial charge in [-0.2, -0.15) is 13.2 Å². The van der Waals surface area contributed by atoms with Gasteiger partial charge in [0.2, 0.25) is 5.91 Å². The lowest BCUT2D eigenvalue weighted by atomic mass is 10.1. The molecule has 0 saturated carbocycles. The molecule has 0 spiro atoms. The van der Waals surface area contributed by atoms with Crippen molar-refractivity contribution in [3.63, 3.8) is 0 Å². The topological polar surface area (TPSA) is 58.6 Å². The van der Waals surface area contributed by atoms with Gasteiger partial charge in [-0.1, -0.05) is 6.07 Å². The third-order valence-corrected chi connectivity index (χ3v) is 4.04. The fourth-order valence-corrected chi connectivity index (χ4v) is 2.76. The second kappa shape index (κ2) is 7.74. The molecule has 1 aliphatic heterocycles. The molecule has 2 amide bonds. The van der Waals surface area contributed by atoms with E-state index in [0.717, 1.165) is 12.1 Å². The highest BCUT2D eigenvalue weighted by Crippen LogP contribution is 2.32. The maximum absolute atomic E-state index is 13.1. The lowest BCUT2D eigenvalue weighted by Gasteiger charge is -2.24. The monoisotopic (exact) mass is 390 g/mol. The summed E-state index contributed by atoms with van der Waals surface area (Å²) in [6, 6.07) is 2.32. The van der Waals surface area contributed by atoms with E-state index in [9.17, 15) is 27.2 Å². The van der Waals surface area contributed by atoms with Crippen LogP contribution in [0.15, 0.2) is 18.2 Å². The number of benzene rings is 1. The minimum atomic E-state index is -4.72. The Hall–Kier alpha value is -2.32. The molecule has 9 heteroatoms. The molecule has 5 nitrogen and oxygen atoms in total. The van der Waals surface area contributed by atoms with E-state index >= 15 is 0 Å². The van der Waals surface area contributed by atoms with Gasteiger partial charge >= 0.3 is 12.3 Å². The number of likely N-dealkylation sites (tertiary alicyclic amines) is 1. The number of carbonyl (C=O) groups is 2. The summed E-state index contributed by atoms with van der Waals surface area (Å²) in [5.74, 6) is -1.99. The van der Waals surface area contributed by atoms with Crippen molar-refractivity contribution in [2.45, 2.75) is 45.5 Å². The number of alkyl halides is 3. The van der Waals surface area contributed by atoms with Gasteiger partial charge in [-0.15, -0.1) is 0 Å². The molecule has 1 heterocycles. The van der Waals surface area contributed by atoms with E-state index in [4.69, 9.17) is 4.74 Å². The number of hydrogen-bond donors (Lipinski definition) is 1. The van der Waals surface area contributed by atoms with Crippen LogP contribution >= 0.6 is 0 Å². The van der Waals surface area contributed by atoms with E-state index in [1.807, 2.05) is 0 Å².